The summed E-state index contributed by atoms with van der Waals surface area (Å²) in [6, 6.07) is 19.7. The first-order valence-electron chi connectivity index (χ1n) is 10.1. The number of amides is 1. The van der Waals surface area contributed by atoms with Crippen molar-refractivity contribution in [2.45, 2.75) is 6.92 Å². The van der Waals surface area contributed by atoms with Gasteiger partial charge < -0.3 is 14.0 Å². The van der Waals surface area contributed by atoms with Crippen LogP contribution in [0.2, 0.25) is 0 Å². The van der Waals surface area contributed by atoms with Crippen LogP contribution in [0.5, 0.6) is 11.5 Å². The molecule has 0 atom stereocenters. The van der Waals surface area contributed by atoms with E-state index in [1.807, 2.05) is 46.6 Å². The lowest BCUT2D eigenvalue weighted by atomic mass is 10.1. The highest BCUT2D eigenvalue weighted by Crippen LogP contribution is 2.29. The van der Waals surface area contributed by atoms with Crippen molar-refractivity contribution in [1.82, 2.24) is 9.99 Å². The largest absolute Gasteiger partial charge is 0.493 e. The molecule has 166 valence electrons. The van der Waals surface area contributed by atoms with E-state index >= 15 is 0 Å². The second kappa shape index (κ2) is 9.97. The molecule has 2 aromatic heterocycles. The summed E-state index contributed by atoms with van der Waals surface area (Å²) in [6.45, 7) is 1.77. The molecular formula is C25H21N3O4S. The first-order chi connectivity index (χ1) is 16.1. The lowest BCUT2D eigenvalue weighted by molar-refractivity contribution is 0.0734. The van der Waals surface area contributed by atoms with Crippen LogP contribution in [0, 0.1) is 0 Å². The molecule has 0 unspecified atom stereocenters. The molecule has 7 nitrogen and oxygen atoms in total. The second-order valence-corrected chi connectivity index (χ2v) is 7.93. The second-order valence-electron chi connectivity index (χ2n) is 6.98. The predicted octanol–water partition coefficient (Wildman–Crippen LogP) is 4.92. The third kappa shape index (κ3) is 5.02. The van der Waals surface area contributed by atoms with Gasteiger partial charge in [-0.2, -0.15) is 5.10 Å². The summed E-state index contributed by atoms with van der Waals surface area (Å²) in [7, 11) is 1.49. The van der Waals surface area contributed by atoms with Crippen LogP contribution in [0.15, 0.2) is 89.6 Å². The topological polar surface area (TPSA) is 81.9 Å². The molecule has 0 spiro atoms. The highest BCUT2D eigenvalue weighted by Gasteiger charge is 2.15. The Morgan fingerprint density at radius 1 is 0.970 bits per heavy atom. The summed E-state index contributed by atoms with van der Waals surface area (Å²) in [4.78, 5) is 25.5. The van der Waals surface area contributed by atoms with Crippen molar-refractivity contribution in [3.05, 3.63) is 101 Å². The molecule has 0 saturated heterocycles. The Morgan fingerprint density at radius 3 is 2.48 bits per heavy atom. The number of benzene rings is 2. The number of nitrogens with one attached hydrogen (secondary N) is 1. The van der Waals surface area contributed by atoms with Gasteiger partial charge in [-0.15, -0.1) is 11.3 Å². The number of carbonyl (C=O) groups is 2. The van der Waals surface area contributed by atoms with Crippen LogP contribution in [-0.2, 0) is 0 Å². The van der Waals surface area contributed by atoms with Crippen molar-refractivity contribution in [3.8, 4) is 17.2 Å². The van der Waals surface area contributed by atoms with Gasteiger partial charge in [0.1, 0.15) is 4.88 Å². The Kier molecular flexibility index (Phi) is 6.66. The first-order valence-corrected chi connectivity index (χ1v) is 11.0. The van der Waals surface area contributed by atoms with Crippen molar-refractivity contribution < 1.29 is 19.1 Å². The molecule has 0 bridgehead atoms. The molecule has 4 aromatic rings. The standard InChI is InChI=1S/C25H21N3O4S/c1-17(26-27-24(29)19-8-3-4-9-20(19)28-13-5-6-14-28)18-11-12-21(22(16-18)31-2)32-25(30)23-10-7-15-33-23/h3-16H,1-2H3,(H,27,29)/b26-17+. The van der Waals surface area contributed by atoms with Crippen molar-refractivity contribution in [3.63, 3.8) is 0 Å². The van der Waals surface area contributed by atoms with E-state index in [1.165, 1.54) is 18.4 Å². The van der Waals surface area contributed by atoms with Crippen LogP contribution in [0.1, 0.15) is 32.5 Å². The first kappa shape index (κ1) is 22.0. The molecule has 8 heteroatoms. The number of ether oxygens (including phenoxy) is 2. The minimum Gasteiger partial charge on any atom is -0.493 e. The summed E-state index contributed by atoms with van der Waals surface area (Å²) in [5, 5.41) is 6.05. The van der Waals surface area contributed by atoms with Crippen molar-refractivity contribution >= 4 is 28.9 Å². The molecule has 1 amide bonds. The quantitative estimate of drug-likeness (QED) is 0.184. The van der Waals surface area contributed by atoms with Gasteiger partial charge in [0.05, 0.1) is 24.1 Å². The predicted molar refractivity (Wildman–Crippen MR) is 128 cm³/mol. The molecule has 0 fully saturated rings. The molecule has 0 saturated carbocycles. The van der Waals surface area contributed by atoms with Crippen molar-refractivity contribution in [1.29, 1.82) is 0 Å². The number of carbonyl (C=O) groups excluding carboxylic acids is 2. The number of thiophene rings is 1. The molecule has 0 aliphatic rings. The molecule has 1 N–H and O–H groups in total. The number of rotatable bonds is 7. The number of esters is 1. The highest BCUT2D eigenvalue weighted by atomic mass is 32.1. The van der Waals surface area contributed by atoms with E-state index in [0.29, 0.717) is 33.2 Å². The zero-order valence-corrected chi connectivity index (χ0v) is 18.8. The van der Waals surface area contributed by atoms with Gasteiger partial charge in [0, 0.05) is 18.0 Å². The van der Waals surface area contributed by atoms with Crippen LogP contribution in [0.3, 0.4) is 0 Å². The van der Waals surface area contributed by atoms with Crippen LogP contribution in [-0.4, -0.2) is 29.3 Å². The summed E-state index contributed by atoms with van der Waals surface area (Å²) in [5.74, 6) is -0.0875. The maximum absolute atomic E-state index is 12.8. The van der Waals surface area contributed by atoms with E-state index < -0.39 is 5.97 Å². The molecule has 2 aromatic carbocycles. The van der Waals surface area contributed by atoms with Crippen LogP contribution < -0.4 is 14.9 Å². The fraction of sp³-hybridized carbons (Fsp3) is 0.0800. The molecule has 0 radical (unpaired) electrons. The summed E-state index contributed by atoms with van der Waals surface area (Å²) >= 11 is 1.30. The molecular weight excluding hydrogens is 438 g/mol. The van der Waals surface area contributed by atoms with Gasteiger partial charge in [0.15, 0.2) is 11.5 Å². The number of hydrazone groups is 1. The van der Waals surface area contributed by atoms with Crippen LogP contribution >= 0.6 is 11.3 Å². The van der Waals surface area contributed by atoms with E-state index in [-0.39, 0.29) is 5.91 Å². The Hall–Kier alpha value is -4.17. The van der Waals surface area contributed by atoms with Crippen molar-refractivity contribution in [2.24, 2.45) is 5.10 Å². The number of hydrogen-bond acceptors (Lipinski definition) is 6. The van der Waals surface area contributed by atoms with Gasteiger partial charge in [-0.05, 0) is 60.8 Å². The number of nitrogens with zero attached hydrogens (tertiary/aromatic N) is 2. The van der Waals surface area contributed by atoms with Gasteiger partial charge in [-0.25, -0.2) is 10.2 Å². The Balaban J connectivity index is 1.50. The molecule has 4 rings (SSSR count). The molecule has 0 aliphatic heterocycles. The molecule has 33 heavy (non-hydrogen) atoms. The number of methoxy groups -OCH3 is 1. The van der Waals surface area contributed by atoms with Gasteiger partial charge in [0.25, 0.3) is 5.91 Å². The van der Waals surface area contributed by atoms with Crippen molar-refractivity contribution in [2.75, 3.05) is 7.11 Å². The van der Waals surface area contributed by atoms with E-state index in [4.69, 9.17) is 9.47 Å². The fourth-order valence-corrected chi connectivity index (χ4v) is 3.77. The Morgan fingerprint density at radius 2 is 1.76 bits per heavy atom. The highest BCUT2D eigenvalue weighted by molar-refractivity contribution is 7.12. The number of hydrogen-bond donors (Lipinski definition) is 1. The Bertz CT molecular complexity index is 1300. The monoisotopic (exact) mass is 459 g/mol. The zero-order valence-electron chi connectivity index (χ0n) is 18.0. The number of para-hydroxylation sites is 1. The van der Waals surface area contributed by atoms with Gasteiger partial charge in [-0.1, -0.05) is 18.2 Å². The SMILES string of the molecule is COc1cc(/C(C)=N/NC(=O)c2ccccc2-n2cccc2)ccc1OC(=O)c1cccs1. The average Bonchev–Trinajstić information content (AvgIpc) is 3.57. The minimum absolute atomic E-state index is 0.303. The van der Waals surface area contributed by atoms with E-state index in [0.717, 1.165) is 5.69 Å². The fourth-order valence-electron chi connectivity index (χ4n) is 3.17. The van der Waals surface area contributed by atoms with E-state index in [9.17, 15) is 9.59 Å². The van der Waals surface area contributed by atoms with Crippen LogP contribution in [0.4, 0.5) is 0 Å². The maximum Gasteiger partial charge on any atom is 0.353 e. The summed E-state index contributed by atoms with van der Waals surface area (Å²) < 4.78 is 12.7. The van der Waals surface area contributed by atoms with Gasteiger partial charge >= 0.3 is 5.97 Å². The summed E-state index contributed by atoms with van der Waals surface area (Å²) in [6.07, 6.45) is 3.75. The number of aromatic nitrogens is 1. The summed E-state index contributed by atoms with van der Waals surface area (Å²) in [5.41, 5.74) is 5.14. The third-order valence-corrected chi connectivity index (χ3v) is 5.71. The lowest BCUT2D eigenvalue weighted by Gasteiger charge is -2.11. The molecule has 0 aliphatic carbocycles. The third-order valence-electron chi connectivity index (χ3n) is 4.86. The normalized spacial score (nSPS) is 11.2. The molecule has 2 heterocycles. The minimum atomic E-state index is -0.449. The Labute approximate surface area is 194 Å². The van der Waals surface area contributed by atoms with Crippen LogP contribution in [0.25, 0.3) is 5.69 Å². The van der Waals surface area contributed by atoms with E-state index in [1.54, 1.807) is 49.4 Å². The van der Waals surface area contributed by atoms with Gasteiger partial charge in [-0.3, -0.25) is 4.79 Å². The average molecular weight is 460 g/mol. The smallest absolute Gasteiger partial charge is 0.353 e. The maximum atomic E-state index is 12.8. The zero-order chi connectivity index (χ0) is 23.2. The van der Waals surface area contributed by atoms with Gasteiger partial charge in [0.2, 0.25) is 0 Å². The lowest BCUT2D eigenvalue weighted by Crippen LogP contribution is -2.21. The van der Waals surface area contributed by atoms with E-state index in [2.05, 4.69) is 10.5 Å².